The number of carbonyl (C=O) groups is 1. The molecule has 0 unspecified atom stereocenters. The van der Waals surface area contributed by atoms with Gasteiger partial charge in [0.2, 0.25) is 5.16 Å². The Morgan fingerprint density at radius 1 is 1.35 bits per heavy atom. The molecule has 0 saturated heterocycles. The lowest BCUT2D eigenvalue weighted by Gasteiger charge is -1.99. The molecule has 1 aromatic carbocycles. The molecule has 8 heteroatoms. The number of carbonyl (C=O) groups excluding carboxylic acids is 1. The first kappa shape index (κ1) is 15.6. The average molecular weight is 350 g/mol. The van der Waals surface area contributed by atoms with Crippen molar-refractivity contribution in [2.24, 2.45) is 0 Å². The SMILES string of the molecule is COC(=O)c1ccoc1CSc1n[nH]c(-c2ccc(Cl)cc2)n1. The molecule has 0 radical (unpaired) electrons. The molecule has 2 heterocycles. The van der Waals surface area contributed by atoms with E-state index in [-0.39, 0.29) is 0 Å². The summed E-state index contributed by atoms with van der Waals surface area (Å²) < 4.78 is 10.0. The molecule has 3 rings (SSSR count). The Kier molecular flexibility index (Phi) is 4.68. The Bertz CT molecular complexity index is 813. The molecular formula is C15H12ClN3O3S. The molecule has 118 valence electrons. The molecular weight excluding hydrogens is 338 g/mol. The molecule has 0 spiro atoms. The van der Waals surface area contributed by atoms with Gasteiger partial charge in [-0.1, -0.05) is 23.4 Å². The number of esters is 1. The highest BCUT2D eigenvalue weighted by atomic mass is 35.5. The molecule has 0 saturated carbocycles. The summed E-state index contributed by atoms with van der Waals surface area (Å²) in [6.07, 6.45) is 1.46. The molecule has 23 heavy (non-hydrogen) atoms. The van der Waals surface area contributed by atoms with Gasteiger partial charge in [-0.15, -0.1) is 5.10 Å². The van der Waals surface area contributed by atoms with Gasteiger partial charge in [0.15, 0.2) is 5.82 Å². The van der Waals surface area contributed by atoms with Crippen molar-refractivity contribution in [3.05, 3.63) is 52.9 Å². The third-order valence-electron chi connectivity index (χ3n) is 3.07. The van der Waals surface area contributed by atoms with E-state index in [0.717, 1.165) is 5.56 Å². The van der Waals surface area contributed by atoms with Gasteiger partial charge in [0, 0.05) is 10.6 Å². The number of aromatic nitrogens is 3. The lowest BCUT2D eigenvalue weighted by molar-refractivity contribution is 0.0598. The largest absolute Gasteiger partial charge is 0.468 e. The molecule has 0 aliphatic carbocycles. The van der Waals surface area contributed by atoms with Gasteiger partial charge >= 0.3 is 5.97 Å². The van der Waals surface area contributed by atoms with Crippen LogP contribution in [0.2, 0.25) is 5.02 Å². The van der Waals surface area contributed by atoms with E-state index in [2.05, 4.69) is 15.2 Å². The summed E-state index contributed by atoms with van der Waals surface area (Å²) in [7, 11) is 1.33. The Hall–Kier alpha value is -2.25. The van der Waals surface area contributed by atoms with E-state index in [1.165, 1.54) is 25.1 Å². The van der Waals surface area contributed by atoms with E-state index in [1.807, 2.05) is 12.1 Å². The quantitative estimate of drug-likeness (QED) is 0.557. The zero-order chi connectivity index (χ0) is 16.2. The van der Waals surface area contributed by atoms with Crippen LogP contribution < -0.4 is 0 Å². The molecule has 0 fully saturated rings. The fourth-order valence-corrected chi connectivity index (χ4v) is 2.80. The third kappa shape index (κ3) is 3.57. The second-order valence-corrected chi connectivity index (χ2v) is 5.89. The molecule has 0 aliphatic heterocycles. The Morgan fingerprint density at radius 3 is 2.87 bits per heavy atom. The number of hydrogen-bond donors (Lipinski definition) is 1. The summed E-state index contributed by atoms with van der Waals surface area (Å²) in [4.78, 5) is 16.0. The summed E-state index contributed by atoms with van der Waals surface area (Å²) in [6.45, 7) is 0. The standard InChI is InChI=1S/C15H12ClN3O3S/c1-21-14(20)11-6-7-22-12(11)8-23-15-17-13(18-19-15)9-2-4-10(16)5-3-9/h2-7H,8H2,1H3,(H,17,18,19). The lowest BCUT2D eigenvalue weighted by Crippen LogP contribution is -2.02. The minimum absolute atomic E-state index is 0.411. The summed E-state index contributed by atoms with van der Waals surface area (Å²) in [6, 6.07) is 8.88. The molecule has 0 amide bonds. The van der Waals surface area contributed by atoms with Crippen molar-refractivity contribution in [2.75, 3.05) is 7.11 Å². The predicted octanol–water partition coefficient (Wildman–Crippen LogP) is 3.80. The zero-order valence-electron chi connectivity index (χ0n) is 12.1. The van der Waals surface area contributed by atoms with Crippen molar-refractivity contribution >= 4 is 29.3 Å². The monoisotopic (exact) mass is 349 g/mol. The van der Waals surface area contributed by atoms with Gasteiger partial charge in [-0.3, -0.25) is 5.10 Å². The van der Waals surface area contributed by atoms with Crippen molar-refractivity contribution in [1.29, 1.82) is 0 Å². The maximum Gasteiger partial charge on any atom is 0.341 e. The number of H-pyrrole nitrogens is 1. The van der Waals surface area contributed by atoms with E-state index >= 15 is 0 Å². The predicted molar refractivity (Wildman–Crippen MR) is 86.4 cm³/mol. The topological polar surface area (TPSA) is 81.0 Å². The number of rotatable bonds is 5. The van der Waals surface area contributed by atoms with Crippen LogP contribution in [-0.2, 0) is 10.5 Å². The number of thioether (sulfide) groups is 1. The number of furan rings is 1. The number of methoxy groups -OCH3 is 1. The fraction of sp³-hybridized carbons (Fsp3) is 0.133. The Labute approximate surface area is 141 Å². The average Bonchev–Trinajstić information content (AvgIpc) is 3.22. The van der Waals surface area contributed by atoms with Crippen LogP contribution in [-0.4, -0.2) is 28.3 Å². The molecule has 1 N–H and O–H groups in total. The van der Waals surface area contributed by atoms with Crippen LogP contribution in [0.5, 0.6) is 0 Å². The third-order valence-corrected chi connectivity index (χ3v) is 4.16. The number of ether oxygens (including phenoxy) is 1. The van der Waals surface area contributed by atoms with Gasteiger partial charge in [-0.25, -0.2) is 9.78 Å². The first-order valence-electron chi connectivity index (χ1n) is 6.63. The maximum atomic E-state index is 11.6. The number of hydrogen-bond acceptors (Lipinski definition) is 6. The molecule has 6 nitrogen and oxygen atoms in total. The first-order chi connectivity index (χ1) is 11.2. The van der Waals surface area contributed by atoms with E-state index in [1.54, 1.807) is 18.2 Å². The van der Waals surface area contributed by atoms with Crippen LogP contribution in [0.4, 0.5) is 0 Å². The number of nitrogens with zero attached hydrogens (tertiary/aromatic N) is 2. The van der Waals surface area contributed by atoms with E-state index in [4.69, 9.17) is 20.8 Å². The summed E-state index contributed by atoms with van der Waals surface area (Å²) in [5, 5.41) is 8.24. The summed E-state index contributed by atoms with van der Waals surface area (Å²) >= 11 is 7.22. The van der Waals surface area contributed by atoms with Crippen LogP contribution in [0.3, 0.4) is 0 Å². The van der Waals surface area contributed by atoms with Crippen LogP contribution in [0, 0.1) is 0 Å². The highest BCUT2D eigenvalue weighted by Crippen LogP contribution is 2.25. The van der Waals surface area contributed by atoms with Crippen molar-refractivity contribution in [1.82, 2.24) is 15.2 Å². The normalized spacial score (nSPS) is 10.7. The minimum Gasteiger partial charge on any atom is -0.468 e. The Morgan fingerprint density at radius 2 is 2.13 bits per heavy atom. The number of halogens is 1. The minimum atomic E-state index is -0.425. The van der Waals surface area contributed by atoms with Crippen molar-refractivity contribution in [2.45, 2.75) is 10.9 Å². The number of benzene rings is 1. The highest BCUT2D eigenvalue weighted by molar-refractivity contribution is 7.98. The van der Waals surface area contributed by atoms with Crippen LogP contribution in [0.15, 0.2) is 46.2 Å². The number of aromatic amines is 1. The fourth-order valence-electron chi connectivity index (χ4n) is 1.92. The lowest BCUT2D eigenvalue weighted by atomic mass is 10.2. The van der Waals surface area contributed by atoms with Gasteiger partial charge in [-0.2, -0.15) is 0 Å². The zero-order valence-corrected chi connectivity index (χ0v) is 13.6. The van der Waals surface area contributed by atoms with Crippen LogP contribution in [0.25, 0.3) is 11.4 Å². The van der Waals surface area contributed by atoms with Crippen LogP contribution in [0.1, 0.15) is 16.1 Å². The van der Waals surface area contributed by atoms with E-state index < -0.39 is 5.97 Å². The maximum absolute atomic E-state index is 11.6. The van der Waals surface area contributed by atoms with Gasteiger partial charge in [0.05, 0.1) is 19.1 Å². The van der Waals surface area contributed by atoms with Gasteiger partial charge in [0.25, 0.3) is 0 Å². The van der Waals surface area contributed by atoms with Gasteiger partial charge in [0.1, 0.15) is 11.3 Å². The molecule has 0 atom stereocenters. The van der Waals surface area contributed by atoms with Gasteiger partial charge in [-0.05, 0) is 30.3 Å². The van der Waals surface area contributed by atoms with Gasteiger partial charge < -0.3 is 9.15 Å². The summed E-state index contributed by atoms with van der Waals surface area (Å²) in [5.41, 5.74) is 1.30. The van der Waals surface area contributed by atoms with E-state index in [0.29, 0.717) is 33.1 Å². The molecule has 0 bridgehead atoms. The molecule has 3 aromatic rings. The van der Waals surface area contributed by atoms with Crippen molar-refractivity contribution in [3.63, 3.8) is 0 Å². The second-order valence-electron chi connectivity index (χ2n) is 4.51. The second kappa shape index (κ2) is 6.89. The smallest absolute Gasteiger partial charge is 0.341 e. The Balaban J connectivity index is 1.69. The highest BCUT2D eigenvalue weighted by Gasteiger charge is 2.16. The molecule has 2 aromatic heterocycles. The van der Waals surface area contributed by atoms with Crippen LogP contribution >= 0.6 is 23.4 Å². The molecule has 0 aliphatic rings. The summed E-state index contributed by atoms with van der Waals surface area (Å²) in [5.74, 6) is 1.18. The van der Waals surface area contributed by atoms with Crippen molar-refractivity contribution in [3.8, 4) is 11.4 Å². The van der Waals surface area contributed by atoms with E-state index in [9.17, 15) is 4.79 Å². The van der Waals surface area contributed by atoms with Crippen molar-refractivity contribution < 1.29 is 13.9 Å². The first-order valence-corrected chi connectivity index (χ1v) is 7.99. The number of nitrogens with one attached hydrogen (secondary N) is 1.